The van der Waals surface area contributed by atoms with Crippen LogP contribution in [0.1, 0.15) is 13.8 Å². The number of benzene rings is 1. The fourth-order valence-electron chi connectivity index (χ4n) is 2.06. The lowest BCUT2D eigenvalue weighted by atomic mass is 10.2. The Hall–Kier alpha value is -0.730. The average Bonchev–Trinajstić information content (AvgIpc) is 2.16. The first kappa shape index (κ1) is 10.8. The van der Waals surface area contributed by atoms with Crippen molar-refractivity contribution in [3.63, 3.8) is 0 Å². The summed E-state index contributed by atoms with van der Waals surface area (Å²) in [5.41, 5.74) is 1.18. The number of nitrogens with zero attached hydrogens (tertiary/aromatic N) is 1. The smallest absolute Gasteiger partial charge is 0.0726 e. The van der Waals surface area contributed by atoms with Gasteiger partial charge in [0.25, 0.3) is 0 Å². The Labute approximate surface area is 95.8 Å². The molecule has 2 rings (SSSR count). The van der Waals surface area contributed by atoms with Gasteiger partial charge in [-0.2, -0.15) is 0 Å². The Morgan fingerprint density at radius 1 is 1.27 bits per heavy atom. The SMILES string of the molecule is CC1CN(c2cccc(Cl)c2)C[C@H](C)O1. The molecule has 1 aliphatic rings. The molecule has 1 fully saturated rings. The van der Waals surface area contributed by atoms with E-state index >= 15 is 0 Å². The van der Waals surface area contributed by atoms with E-state index < -0.39 is 0 Å². The van der Waals surface area contributed by atoms with Crippen molar-refractivity contribution in [1.82, 2.24) is 0 Å². The Bertz CT molecular complexity index is 332. The molecular weight excluding hydrogens is 210 g/mol. The molecule has 1 aromatic rings. The summed E-state index contributed by atoms with van der Waals surface area (Å²) < 4.78 is 5.69. The zero-order valence-corrected chi connectivity index (χ0v) is 9.87. The van der Waals surface area contributed by atoms with E-state index in [2.05, 4.69) is 24.8 Å². The molecule has 0 saturated carbocycles. The molecular formula is C12H16ClNO. The molecule has 15 heavy (non-hydrogen) atoms. The highest BCUT2D eigenvalue weighted by Crippen LogP contribution is 2.23. The molecule has 0 aliphatic carbocycles. The molecule has 0 bridgehead atoms. The van der Waals surface area contributed by atoms with Crippen LogP contribution in [0.25, 0.3) is 0 Å². The van der Waals surface area contributed by atoms with Gasteiger partial charge in [-0.1, -0.05) is 17.7 Å². The van der Waals surface area contributed by atoms with Crippen molar-refractivity contribution >= 4 is 17.3 Å². The number of rotatable bonds is 1. The maximum atomic E-state index is 5.98. The molecule has 2 atom stereocenters. The number of hydrogen-bond acceptors (Lipinski definition) is 2. The van der Waals surface area contributed by atoms with Gasteiger partial charge in [0.1, 0.15) is 0 Å². The van der Waals surface area contributed by atoms with E-state index in [9.17, 15) is 0 Å². The maximum Gasteiger partial charge on any atom is 0.0726 e. The van der Waals surface area contributed by atoms with Crippen molar-refractivity contribution in [1.29, 1.82) is 0 Å². The zero-order valence-electron chi connectivity index (χ0n) is 9.11. The Balaban J connectivity index is 2.16. The van der Waals surface area contributed by atoms with Crippen LogP contribution in [-0.2, 0) is 4.74 Å². The molecule has 0 spiro atoms. The number of ether oxygens (including phenoxy) is 1. The van der Waals surface area contributed by atoms with Crippen molar-refractivity contribution in [2.45, 2.75) is 26.1 Å². The van der Waals surface area contributed by atoms with Crippen molar-refractivity contribution in [3.8, 4) is 0 Å². The molecule has 3 heteroatoms. The monoisotopic (exact) mass is 225 g/mol. The minimum atomic E-state index is 0.285. The second-order valence-electron chi connectivity index (χ2n) is 4.14. The third-order valence-electron chi connectivity index (χ3n) is 2.59. The van der Waals surface area contributed by atoms with E-state index in [-0.39, 0.29) is 12.2 Å². The van der Waals surface area contributed by atoms with Crippen LogP contribution in [0, 0.1) is 0 Å². The van der Waals surface area contributed by atoms with Crippen molar-refractivity contribution in [3.05, 3.63) is 29.3 Å². The summed E-state index contributed by atoms with van der Waals surface area (Å²) in [6, 6.07) is 7.99. The zero-order chi connectivity index (χ0) is 10.8. The molecule has 1 saturated heterocycles. The Morgan fingerprint density at radius 3 is 2.53 bits per heavy atom. The number of anilines is 1. The molecule has 82 valence electrons. The molecule has 0 aromatic heterocycles. The molecule has 1 unspecified atom stereocenters. The van der Waals surface area contributed by atoms with Gasteiger partial charge in [0.05, 0.1) is 12.2 Å². The summed E-state index contributed by atoms with van der Waals surface area (Å²) in [7, 11) is 0. The van der Waals surface area contributed by atoms with Gasteiger partial charge in [0.2, 0.25) is 0 Å². The Morgan fingerprint density at radius 2 is 1.93 bits per heavy atom. The van der Waals surface area contributed by atoms with Crippen molar-refractivity contribution in [2.24, 2.45) is 0 Å². The lowest BCUT2D eigenvalue weighted by molar-refractivity contribution is -0.00521. The topological polar surface area (TPSA) is 12.5 Å². The summed E-state index contributed by atoms with van der Waals surface area (Å²) in [5, 5.41) is 0.791. The first-order valence-corrected chi connectivity index (χ1v) is 5.69. The van der Waals surface area contributed by atoms with E-state index in [1.165, 1.54) is 5.69 Å². The third-order valence-corrected chi connectivity index (χ3v) is 2.83. The number of hydrogen-bond donors (Lipinski definition) is 0. The molecule has 0 amide bonds. The fraction of sp³-hybridized carbons (Fsp3) is 0.500. The van der Waals surface area contributed by atoms with Gasteiger partial charge in [0, 0.05) is 23.8 Å². The van der Waals surface area contributed by atoms with E-state index in [1.54, 1.807) is 0 Å². The summed E-state index contributed by atoms with van der Waals surface area (Å²) in [6.45, 7) is 6.08. The predicted octanol–water partition coefficient (Wildman–Crippen LogP) is 2.95. The highest BCUT2D eigenvalue weighted by molar-refractivity contribution is 6.30. The van der Waals surface area contributed by atoms with Gasteiger partial charge in [0.15, 0.2) is 0 Å². The second kappa shape index (κ2) is 4.42. The van der Waals surface area contributed by atoms with Crippen LogP contribution in [-0.4, -0.2) is 25.3 Å². The summed E-state index contributed by atoms with van der Waals surface area (Å²) in [5.74, 6) is 0. The van der Waals surface area contributed by atoms with Crippen LogP contribution in [0.5, 0.6) is 0 Å². The van der Waals surface area contributed by atoms with Crippen LogP contribution in [0.15, 0.2) is 24.3 Å². The largest absolute Gasteiger partial charge is 0.372 e. The lowest BCUT2D eigenvalue weighted by Gasteiger charge is -2.36. The summed E-state index contributed by atoms with van der Waals surface area (Å²) in [4.78, 5) is 2.32. The standard InChI is InChI=1S/C12H16ClNO/c1-9-7-14(8-10(2)15-9)12-5-3-4-11(13)6-12/h3-6,9-10H,7-8H2,1-2H3/t9-,10?/m0/s1. The van der Waals surface area contributed by atoms with Crippen LogP contribution >= 0.6 is 11.6 Å². The van der Waals surface area contributed by atoms with E-state index in [0.717, 1.165) is 18.1 Å². The van der Waals surface area contributed by atoms with E-state index in [4.69, 9.17) is 16.3 Å². The number of morpholine rings is 1. The third kappa shape index (κ3) is 2.64. The Kier molecular flexibility index (Phi) is 3.17. The van der Waals surface area contributed by atoms with Gasteiger partial charge in [-0.15, -0.1) is 0 Å². The van der Waals surface area contributed by atoms with Gasteiger partial charge in [-0.25, -0.2) is 0 Å². The fourth-order valence-corrected chi connectivity index (χ4v) is 2.25. The van der Waals surface area contributed by atoms with Gasteiger partial charge in [-0.05, 0) is 32.0 Å². The van der Waals surface area contributed by atoms with Crippen LogP contribution in [0.4, 0.5) is 5.69 Å². The highest BCUT2D eigenvalue weighted by atomic mass is 35.5. The van der Waals surface area contributed by atoms with Crippen molar-refractivity contribution < 1.29 is 4.74 Å². The molecule has 0 N–H and O–H groups in total. The minimum Gasteiger partial charge on any atom is -0.372 e. The van der Waals surface area contributed by atoms with E-state index in [0.29, 0.717) is 0 Å². The van der Waals surface area contributed by atoms with Crippen molar-refractivity contribution in [2.75, 3.05) is 18.0 Å². The molecule has 2 nitrogen and oxygen atoms in total. The maximum absolute atomic E-state index is 5.98. The quantitative estimate of drug-likeness (QED) is 0.729. The lowest BCUT2D eigenvalue weighted by Crippen LogP contribution is -2.45. The number of halogens is 1. The van der Waals surface area contributed by atoms with Crippen LogP contribution in [0.2, 0.25) is 5.02 Å². The summed E-state index contributed by atoms with van der Waals surface area (Å²) >= 11 is 5.98. The van der Waals surface area contributed by atoms with Gasteiger partial charge >= 0.3 is 0 Å². The molecule has 1 heterocycles. The normalized spacial score (nSPS) is 26.7. The summed E-state index contributed by atoms with van der Waals surface area (Å²) in [6.07, 6.45) is 0.570. The van der Waals surface area contributed by atoms with Gasteiger partial charge < -0.3 is 9.64 Å². The predicted molar refractivity (Wildman–Crippen MR) is 63.7 cm³/mol. The molecule has 0 radical (unpaired) electrons. The molecule has 1 aliphatic heterocycles. The van der Waals surface area contributed by atoms with Gasteiger partial charge in [-0.3, -0.25) is 0 Å². The van der Waals surface area contributed by atoms with Crippen LogP contribution in [0.3, 0.4) is 0 Å². The first-order chi connectivity index (χ1) is 7.15. The second-order valence-corrected chi connectivity index (χ2v) is 4.58. The average molecular weight is 226 g/mol. The molecule has 1 aromatic carbocycles. The highest BCUT2D eigenvalue weighted by Gasteiger charge is 2.22. The first-order valence-electron chi connectivity index (χ1n) is 5.31. The minimum absolute atomic E-state index is 0.285. The van der Waals surface area contributed by atoms with Crippen LogP contribution < -0.4 is 4.90 Å². The van der Waals surface area contributed by atoms with E-state index in [1.807, 2.05) is 18.2 Å².